The summed E-state index contributed by atoms with van der Waals surface area (Å²) < 4.78 is 0.782. The van der Waals surface area contributed by atoms with Gasteiger partial charge in [-0.25, -0.2) is 0 Å². The molecule has 2 aromatic carbocycles. The highest BCUT2D eigenvalue weighted by atomic mass is 16.2. The molecule has 0 aliphatic rings. The highest BCUT2D eigenvalue weighted by molar-refractivity contribution is 5.99. The van der Waals surface area contributed by atoms with Crippen molar-refractivity contribution in [2.45, 2.75) is 0 Å². The molecule has 1 heterocycles. The summed E-state index contributed by atoms with van der Waals surface area (Å²) in [6.45, 7) is 3.66. The lowest BCUT2D eigenvalue weighted by Crippen LogP contribution is -2.31. The van der Waals surface area contributed by atoms with E-state index in [1.54, 1.807) is 54.6 Å². The van der Waals surface area contributed by atoms with Gasteiger partial charge in [0.2, 0.25) is 0 Å². The van der Waals surface area contributed by atoms with Crippen molar-refractivity contribution >= 4 is 22.9 Å². The van der Waals surface area contributed by atoms with E-state index in [1.165, 1.54) is 0 Å². The quantitative estimate of drug-likeness (QED) is 0.719. The van der Waals surface area contributed by atoms with Crippen LogP contribution in [-0.2, 0) is 0 Å². The topological polar surface area (TPSA) is 64.8 Å². The van der Waals surface area contributed by atoms with Gasteiger partial charge in [0, 0.05) is 5.56 Å². The minimum Gasteiger partial charge on any atom is -0.267 e. The van der Waals surface area contributed by atoms with E-state index in [9.17, 15) is 9.59 Å². The van der Waals surface area contributed by atoms with Crippen molar-refractivity contribution in [3.8, 4) is 0 Å². The third-order valence-corrected chi connectivity index (χ3v) is 3.17. The molecule has 0 bridgehead atoms. The van der Waals surface area contributed by atoms with Gasteiger partial charge in [0.05, 0.1) is 5.39 Å². The van der Waals surface area contributed by atoms with Crippen LogP contribution in [0, 0.1) is 0 Å². The third kappa shape index (κ3) is 2.14. The molecule has 5 nitrogen and oxygen atoms in total. The standard InChI is InChI=1S/C16H11N3O2/c1-2-11-7-3-4-8-12(11)15(20)19-16(21)13-9-5-6-10-14(13)17-18-19/h2-10H,1H2. The molecule has 5 heteroatoms. The number of carbonyl (C=O) groups excluding carboxylic acids is 1. The first-order valence-electron chi connectivity index (χ1n) is 6.33. The molecule has 0 N–H and O–H groups in total. The number of fused-ring (bicyclic) bond motifs is 1. The number of nitrogens with zero attached hydrogens (tertiary/aromatic N) is 3. The Morgan fingerprint density at radius 1 is 1.10 bits per heavy atom. The maximum Gasteiger partial charge on any atom is 0.285 e. The van der Waals surface area contributed by atoms with E-state index in [0.717, 1.165) is 4.68 Å². The minimum atomic E-state index is -0.520. The van der Waals surface area contributed by atoms with Gasteiger partial charge >= 0.3 is 0 Å². The summed E-state index contributed by atoms with van der Waals surface area (Å²) in [5, 5.41) is 8.00. The number of carbonyl (C=O) groups is 1. The first-order valence-corrected chi connectivity index (χ1v) is 6.33. The van der Waals surface area contributed by atoms with Crippen LogP contribution in [0.25, 0.3) is 17.0 Å². The van der Waals surface area contributed by atoms with E-state index in [4.69, 9.17) is 0 Å². The Morgan fingerprint density at radius 3 is 2.62 bits per heavy atom. The second-order valence-corrected chi connectivity index (χ2v) is 4.42. The van der Waals surface area contributed by atoms with E-state index in [-0.39, 0.29) is 0 Å². The van der Waals surface area contributed by atoms with Gasteiger partial charge in [-0.1, -0.05) is 48.2 Å². The van der Waals surface area contributed by atoms with Gasteiger partial charge in [0.15, 0.2) is 0 Å². The molecule has 0 unspecified atom stereocenters. The van der Waals surface area contributed by atoms with Crippen molar-refractivity contribution in [3.63, 3.8) is 0 Å². The lowest BCUT2D eigenvalue weighted by atomic mass is 10.1. The van der Waals surface area contributed by atoms with Gasteiger partial charge in [-0.15, -0.1) is 9.78 Å². The molecule has 0 aliphatic carbocycles. The Morgan fingerprint density at radius 2 is 1.81 bits per heavy atom. The van der Waals surface area contributed by atoms with Gasteiger partial charge in [-0.05, 0) is 23.8 Å². The Kier molecular flexibility index (Phi) is 3.16. The maximum absolute atomic E-state index is 12.5. The summed E-state index contributed by atoms with van der Waals surface area (Å²) in [5.74, 6) is -0.520. The smallest absolute Gasteiger partial charge is 0.267 e. The van der Waals surface area contributed by atoms with Crippen molar-refractivity contribution in [2.75, 3.05) is 0 Å². The zero-order valence-corrected chi connectivity index (χ0v) is 11.1. The fourth-order valence-corrected chi connectivity index (χ4v) is 2.11. The van der Waals surface area contributed by atoms with E-state index in [0.29, 0.717) is 22.0 Å². The van der Waals surface area contributed by atoms with Crippen molar-refractivity contribution < 1.29 is 4.79 Å². The molecule has 3 aromatic rings. The molecule has 0 radical (unpaired) electrons. The predicted octanol–water partition coefficient (Wildman–Crippen LogP) is 2.12. The molecule has 0 saturated carbocycles. The van der Waals surface area contributed by atoms with Crippen molar-refractivity contribution in [3.05, 3.63) is 76.6 Å². The summed E-state index contributed by atoms with van der Waals surface area (Å²) in [6.07, 6.45) is 1.56. The van der Waals surface area contributed by atoms with Crippen LogP contribution in [0.15, 0.2) is 59.9 Å². The van der Waals surface area contributed by atoms with Crippen LogP contribution in [-0.4, -0.2) is 20.9 Å². The van der Waals surface area contributed by atoms with Gasteiger partial charge < -0.3 is 0 Å². The fraction of sp³-hybridized carbons (Fsp3) is 0. The van der Waals surface area contributed by atoms with Crippen molar-refractivity contribution in [1.82, 2.24) is 15.0 Å². The fourth-order valence-electron chi connectivity index (χ4n) is 2.11. The Bertz CT molecular complexity index is 913. The molecular formula is C16H11N3O2. The Hall–Kier alpha value is -3.08. The second-order valence-electron chi connectivity index (χ2n) is 4.42. The second kappa shape index (κ2) is 5.13. The van der Waals surface area contributed by atoms with Gasteiger partial charge in [-0.2, -0.15) is 0 Å². The van der Waals surface area contributed by atoms with E-state index in [2.05, 4.69) is 16.9 Å². The summed E-state index contributed by atoms with van der Waals surface area (Å²) in [7, 11) is 0. The first kappa shape index (κ1) is 12.9. The highest BCUT2D eigenvalue weighted by Crippen LogP contribution is 2.11. The zero-order chi connectivity index (χ0) is 14.8. The number of hydrogen-bond donors (Lipinski definition) is 0. The van der Waals surface area contributed by atoms with Crippen molar-refractivity contribution in [1.29, 1.82) is 0 Å². The molecule has 102 valence electrons. The number of rotatable bonds is 2. The van der Waals surface area contributed by atoms with Crippen LogP contribution >= 0.6 is 0 Å². The maximum atomic E-state index is 12.5. The SMILES string of the molecule is C=Cc1ccccc1C(=O)n1nnc2ccccc2c1=O. The average molecular weight is 277 g/mol. The normalized spacial score (nSPS) is 10.5. The van der Waals surface area contributed by atoms with Gasteiger partial charge in [0.25, 0.3) is 11.5 Å². The molecule has 0 aliphatic heterocycles. The summed E-state index contributed by atoms with van der Waals surface area (Å²) in [5.41, 5.74) is 0.983. The van der Waals surface area contributed by atoms with Crippen LogP contribution < -0.4 is 5.56 Å². The third-order valence-electron chi connectivity index (χ3n) is 3.17. The van der Waals surface area contributed by atoms with Crippen LogP contribution in [0.4, 0.5) is 0 Å². The number of aromatic nitrogens is 3. The lowest BCUT2D eigenvalue weighted by Gasteiger charge is -2.06. The number of benzene rings is 2. The molecule has 0 saturated heterocycles. The van der Waals surface area contributed by atoms with Gasteiger partial charge in [-0.3, -0.25) is 9.59 Å². The summed E-state index contributed by atoms with van der Waals surface area (Å²) >= 11 is 0. The van der Waals surface area contributed by atoms with Crippen LogP contribution in [0.5, 0.6) is 0 Å². The van der Waals surface area contributed by atoms with Crippen LogP contribution in [0.3, 0.4) is 0 Å². The minimum absolute atomic E-state index is 0.358. The first-order chi connectivity index (χ1) is 10.2. The molecule has 0 spiro atoms. The Labute approximate surface area is 120 Å². The molecule has 0 amide bonds. The predicted molar refractivity (Wildman–Crippen MR) is 80.1 cm³/mol. The summed E-state index contributed by atoms with van der Waals surface area (Å²) in [6, 6.07) is 13.7. The summed E-state index contributed by atoms with van der Waals surface area (Å²) in [4.78, 5) is 24.9. The van der Waals surface area contributed by atoms with E-state index < -0.39 is 11.5 Å². The Balaban J connectivity index is 2.21. The lowest BCUT2D eigenvalue weighted by molar-refractivity contribution is 0.0936. The molecule has 0 fully saturated rings. The highest BCUT2D eigenvalue weighted by Gasteiger charge is 2.16. The molecule has 0 atom stereocenters. The largest absolute Gasteiger partial charge is 0.285 e. The molecular weight excluding hydrogens is 266 g/mol. The van der Waals surface area contributed by atoms with Crippen LogP contribution in [0.2, 0.25) is 0 Å². The van der Waals surface area contributed by atoms with Crippen LogP contribution in [0.1, 0.15) is 15.9 Å². The monoisotopic (exact) mass is 277 g/mol. The van der Waals surface area contributed by atoms with E-state index >= 15 is 0 Å². The van der Waals surface area contributed by atoms with Crippen molar-refractivity contribution in [2.24, 2.45) is 0 Å². The zero-order valence-electron chi connectivity index (χ0n) is 11.1. The van der Waals surface area contributed by atoms with E-state index in [1.807, 2.05) is 0 Å². The average Bonchev–Trinajstić information content (AvgIpc) is 2.55. The molecule has 21 heavy (non-hydrogen) atoms. The number of hydrogen-bond acceptors (Lipinski definition) is 4. The van der Waals surface area contributed by atoms with Gasteiger partial charge in [0.1, 0.15) is 5.52 Å². The molecule has 3 rings (SSSR count). The molecule has 1 aromatic heterocycles.